The standard InChI is InChI=1S/C10H22OS/c1-8(2)7-11-9(3)12-10(4,5)6/h8-9H,7H2,1-6H3. The Kier molecular flexibility index (Phi) is 5.26. The van der Waals surface area contributed by atoms with E-state index in [4.69, 9.17) is 4.74 Å². The zero-order valence-electron chi connectivity index (χ0n) is 9.18. The Morgan fingerprint density at radius 1 is 1.17 bits per heavy atom. The lowest BCUT2D eigenvalue weighted by atomic mass is 10.2. The molecule has 1 atom stereocenters. The average molecular weight is 190 g/mol. The molecule has 0 saturated carbocycles. The molecule has 74 valence electrons. The van der Waals surface area contributed by atoms with Crippen molar-refractivity contribution in [1.82, 2.24) is 0 Å². The van der Waals surface area contributed by atoms with Gasteiger partial charge in [0.05, 0.1) is 6.61 Å². The predicted octanol–water partition coefficient (Wildman–Crippen LogP) is 3.54. The maximum Gasteiger partial charge on any atom is 0.100 e. The molecule has 0 aliphatic carbocycles. The van der Waals surface area contributed by atoms with Crippen molar-refractivity contribution >= 4 is 11.8 Å². The van der Waals surface area contributed by atoms with Crippen LogP contribution in [0.15, 0.2) is 0 Å². The maximum atomic E-state index is 5.64. The highest BCUT2D eigenvalue weighted by atomic mass is 32.2. The van der Waals surface area contributed by atoms with Gasteiger partial charge in [-0.05, 0) is 12.8 Å². The number of ether oxygens (including phenoxy) is 1. The minimum absolute atomic E-state index is 0.302. The van der Waals surface area contributed by atoms with Crippen LogP contribution in [-0.2, 0) is 4.74 Å². The van der Waals surface area contributed by atoms with Crippen LogP contribution in [0.2, 0.25) is 0 Å². The van der Waals surface area contributed by atoms with Crippen LogP contribution in [0.3, 0.4) is 0 Å². The largest absolute Gasteiger partial charge is 0.368 e. The Morgan fingerprint density at radius 3 is 2.00 bits per heavy atom. The number of rotatable bonds is 4. The van der Waals surface area contributed by atoms with Crippen molar-refractivity contribution in [3.05, 3.63) is 0 Å². The van der Waals surface area contributed by atoms with Crippen molar-refractivity contribution in [3.63, 3.8) is 0 Å². The highest BCUT2D eigenvalue weighted by Crippen LogP contribution is 2.28. The second-order valence-electron chi connectivity index (χ2n) is 4.53. The van der Waals surface area contributed by atoms with Crippen LogP contribution in [-0.4, -0.2) is 16.8 Å². The molecule has 0 saturated heterocycles. The van der Waals surface area contributed by atoms with Crippen LogP contribution >= 0.6 is 11.8 Å². The van der Waals surface area contributed by atoms with Crippen molar-refractivity contribution in [2.45, 2.75) is 51.7 Å². The average Bonchev–Trinajstić information content (AvgIpc) is 1.79. The molecule has 0 rings (SSSR count). The minimum Gasteiger partial charge on any atom is -0.368 e. The van der Waals surface area contributed by atoms with E-state index >= 15 is 0 Å². The quantitative estimate of drug-likeness (QED) is 0.627. The number of thioether (sulfide) groups is 1. The van der Waals surface area contributed by atoms with Crippen molar-refractivity contribution in [2.24, 2.45) is 5.92 Å². The van der Waals surface area contributed by atoms with Gasteiger partial charge in [0, 0.05) is 4.75 Å². The lowest BCUT2D eigenvalue weighted by molar-refractivity contribution is 0.0995. The summed E-state index contributed by atoms with van der Waals surface area (Å²) in [6, 6.07) is 0. The fraction of sp³-hybridized carbons (Fsp3) is 1.00. The number of hydrogen-bond donors (Lipinski definition) is 0. The van der Waals surface area contributed by atoms with Gasteiger partial charge in [-0.3, -0.25) is 0 Å². The Balaban J connectivity index is 3.53. The molecule has 0 aliphatic heterocycles. The van der Waals surface area contributed by atoms with Gasteiger partial charge in [-0.25, -0.2) is 0 Å². The molecule has 0 N–H and O–H groups in total. The zero-order chi connectivity index (χ0) is 9.78. The Hall–Kier alpha value is 0.310. The molecule has 0 amide bonds. The van der Waals surface area contributed by atoms with Gasteiger partial charge in [0.2, 0.25) is 0 Å². The lowest BCUT2D eigenvalue weighted by Crippen LogP contribution is -2.17. The molecule has 0 aromatic heterocycles. The Bertz CT molecular complexity index is 115. The van der Waals surface area contributed by atoms with E-state index in [-0.39, 0.29) is 0 Å². The molecule has 1 unspecified atom stereocenters. The van der Waals surface area contributed by atoms with Crippen molar-refractivity contribution in [1.29, 1.82) is 0 Å². The van der Waals surface area contributed by atoms with Crippen LogP contribution in [0.4, 0.5) is 0 Å². The summed E-state index contributed by atoms with van der Waals surface area (Å²) in [6.45, 7) is 14.0. The molecular formula is C10H22OS. The molecule has 1 nitrogen and oxygen atoms in total. The summed E-state index contributed by atoms with van der Waals surface area (Å²) in [7, 11) is 0. The third-order valence-corrected chi connectivity index (χ3v) is 2.36. The first-order valence-corrected chi connectivity index (χ1v) is 5.48. The van der Waals surface area contributed by atoms with Gasteiger partial charge in [-0.15, -0.1) is 11.8 Å². The van der Waals surface area contributed by atoms with Gasteiger partial charge >= 0.3 is 0 Å². The highest BCUT2D eigenvalue weighted by molar-refractivity contribution is 8.01. The molecule has 0 heterocycles. The topological polar surface area (TPSA) is 9.23 Å². The van der Waals surface area contributed by atoms with E-state index < -0.39 is 0 Å². The van der Waals surface area contributed by atoms with E-state index in [0.717, 1.165) is 6.61 Å². The first-order valence-electron chi connectivity index (χ1n) is 4.60. The summed E-state index contributed by atoms with van der Waals surface area (Å²) in [5.41, 5.74) is 0.312. The van der Waals surface area contributed by atoms with E-state index in [2.05, 4.69) is 41.5 Å². The third kappa shape index (κ3) is 8.41. The maximum absolute atomic E-state index is 5.64. The molecule has 0 aliphatic rings. The smallest absolute Gasteiger partial charge is 0.100 e. The lowest BCUT2D eigenvalue weighted by Gasteiger charge is -2.23. The second-order valence-corrected chi connectivity index (χ2v) is 6.65. The molecule has 0 fully saturated rings. The molecule has 0 aromatic carbocycles. The summed E-state index contributed by atoms with van der Waals surface area (Å²) in [5, 5.41) is 0. The summed E-state index contributed by atoms with van der Waals surface area (Å²) in [5.74, 6) is 0.632. The SMILES string of the molecule is CC(C)COC(C)SC(C)(C)C. The van der Waals surface area contributed by atoms with Gasteiger partial charge < -0.3 is 4.74 Å². The monoisotopic (exact) mass is 190 g/mol. The van der Waals surface area contributed by atoms with Crippen molar-refractivity contribution in [2.75, 3.05) is 6.61 Å². The van der Waals surface area contributed by atoms with Crippen molar-refractivity contribution < 1.29 is 4.74 Å². The van der Waals surface area contributed by atoms with Crippen LogP contribution in [0.5, 0.6) is 0 Å². The summed E-state index contributed by atoms with van der Waals surface area (Å²) < 4.78 is 5.94. The van der Waals surface area contributed by atoms with Crippen molar-refractivity contribution in [3.8, 4) is 0 Å². The fourth-order valence-electron chi connectivity index (χ4n) is 0.860. The Labute approximate surface area is 81.3 Å². The van der Waals surface area contributed by atoms with E-state index in [1.54, 1.807) is 0 Å². The highest BCUT2D eigenvalue weighted by Gasteiger charge is 2.15. The summed E-state index contributed by atoms with van der Waals surface area (Å²) in [6.07, 6.45) is 0. The van der Waals surface area contributed by atoms with Crippen LogP contribution < -0.4 is 0 Å². The molecule has 0 spiro atoms. The molecule has 0 aromatic rings. The number of hydrogen-bond acceptors (Lipinski definition) is 2. The predicted molar refractivity (Wildman–Crippen MR) is 57.6 cm³/mol. The fourth-order valence-corrected chi connectivity index (χ4v) is 2.00. The minimum atomic E-state index is 0.302. The summed E-state index contributed by atoms with van der Waals surface area (Å²) in [4.78, 5) is 0. The van der Waals surface area contributed by atoms with Crippen LogP contribution in [0.1, 0.15) is 41.5 Å². The molecule has 12 heavy (non-hydrogen) atoms. The Morgan fingerprint density at radius 2 is 1.67 bits per heavy atom. The third-order valence-electron chi connectivity index (χ3n) is 1.18. The first-order chi connectivity index (χ1) is 5.31. The van der Waals surface area contributed by atoms with E-state index in [1.165, 1.54) is 0 Å². The zero-order valence-corrected chi connectivity index (χ0v) is 9.99. The van der Waals surface area contributed by atoms with E-state index in [0.29, 0.717) is 16.1 Å². The van der Waals surface area contributed by atoms with Crippen LogP contribution in [0, 0.1) is 5.92 Å². The molecule has 2 heteroatoms. The normalized spacial score (nSPS) is 15.2. The molecular weight excluding hydrogens is 168 g/mol. The van der Waals surface area contributed by atoms with Gasteiger partial charge in [-0.2, -0.15) is 0 Å². The summed E-state index contributed by atoms with van der Waals surface area (Å²) >= 11 is 1.88. The van der Waals surface area contributed by atoms with Gasteiger partial charge in [0.15, 0.2) is 0 Å². The van der Waals surface area contributed by atoms with Crippen LogP contribution in [0.25, 0.3) is 0 Å². The van der Waals surface area contributed by atoms with Gasteiger partial charge in [-0.1, -0.05) is 34.6 Å². The van der Waals surface area contributed by atoms with Gasteiger partial charge in [0.1, 0.15) is 5.44 Å². The van der Waals surface area contributed by atoms with Gasteiger partial charge in [0.25, 0.3) is 0 Å². The first kappa shape index (κ1) is 12.3. The second kappa shape index (κ2) is 5.13. The molecule has 0 bridgehead atoms. The molecule has 0 radical (unpaired) electrons. The van der Waals surface area contributed by atoms with E-state index in [9.17, 15) is 0 Å². The van der Waals surface area contributed by atoms with E-state index in [1.807, 2.05) is 11.8 Å².